The monoisotopic (exact) mass is 312 g/mol. The average molecular weight is 312 g/mol. The Kier molecular flexibility index (Phi) is 5.80. The molecule has 0 saturated heterocycles. The Morgan fingerprint density at radius 1 is 1.17 bits per heavy atom. The molecular weight excluding hydrogens is 284 g/mol. The zero-order valence-corrected chi connectivity index (χ0v) is 13.7. The second-order valence-electron chi connectivity index (χ2n) is 6.40. The van der Waals surface area contributed by atoms with Crippen LogP contribution in [0.4, 0.5) is 5.69 Å². The van der Waals surface area contributed by atoms with Crippen LogP contribution in [0.1, 0.15) is 37.2 Å². The van der Waals surface area contributed by atoms with Crippen molar-refractivity contribution in [3.63, 3.8) is 0 Å². The molecule has 0 aliphatic carbocycles. The van der Waals surface area contributed by atoms with Crippen LogP contribution in [0.25, 0.3) is 0 Å². The lowest BCUT2D eigenvalue weighted by molar-refractivity contribution is 0.0146. The van der Waals surface area contributed by atoms with Crippen molar-refractivity contribution in [3.8, 4) is 0 Å². The van der Waals surface area contributed by atoms with E-state index in [9.17, 15) is 5.11 Å². The number of para-hydroxylation sites is 1. The SMILES string of the molecule is C=CC[C@H]1Nc2ccccc2[C@@H]1C[C@@H](N)C(O)(CC=C)CC=C. The minimum atomic E-state index is -0.986. The second kappa shape index (κ2) is 7.62. The fourth-order valence-electron chi connectivity index (χ4n) is 3.54. The molecule has 4 N–H and O–H groups in total. The zero-order chi connectivity index (χ0) is 16.9. The Hall–Kier alpha value is -1.84. The highest BCUT2D eigenvalue weighted by atomic mass is 16.3. The van der Waals surface area contributed by atoms with Crippen LogP contribution in [0.3, 0.4) is 0 Å². The van der Waals surface area contributed by atoms with Gasteiger partial charge in [0.25, 0.3) is 0 Å². The number of aliphatic hydroxyl groups is 1. The molecule has 1 heterocycles. The highest BCUT2D eigenvalue weighted by Gasteiger charge is 2.38. The lowest BCUT2D eigenvalue weighted by Gasteiger charge is -2.35. The molecule has 23 heavy (non-hydrogen) atoms. The number of hydrogen-bond donors (Lipinski definition) is 3. The van der Waals surface area contributed by atoms with Crippen LogP contribution in [-0.4, -0.2) is 22.8 Å². The molecule has 0 spiro atoms. The van der Waals surface area contributed by atoms with Gasteiger partial charge >= 0.3 is 0 Å². The molecule has 0 amide bonds. The summed E-state index contributed by atoms with van der Waals surface area (Å²) in [7, 11) is 0. The van der Waals surface area contributed by atoms with Gasteiger partial charge < -0.3 is 16.2 Å². The third-order valence-electron chi connectivity index (χ3n) is 4.80. The number of rotatable bonds is 9. The summed E-state index contributed by atoms with van der Waals surface area (Å²) in [6, 6.07) is 8.25. The van der Waals surface area contributed by atoms with Crippen LogP contribution in [0, 0.1) is 0 Å². The number of hydrogen-bond acceptors (Lipinski definition) is 3. The largest absolute Gasteiger partial charge is 0.388 e. The Bertz CT molecular complexity index is 557. The fraction of sp³-hybridized carbons (Fsp3) is 0.400. The van der Waals surface area contributed by atoms with E-state index in [4.69, 9.17) is 5.73 Å². The summed E-state index contributed by atoms with van der Waals surface area (Å²) in [5, 5.41) is 14.5. The smallest absolute Gasteiger partial charge is 0.0866 e. The third kappa shape index (κ3) is 3.74. The van der Waals surface area contributed by atoms with Crippen molar-refractivity contribution in [2.45, 2.75) is 49.3 Å². The second-order valence-corrected chi connectivity index (χ2v) is 6.40. The molecule has 0 aromatic heterocycles. The maximum atomic E-state index is 10.9. The number of fused-ring (bicyclic) bond motifs is 1. The number of nitrogens with two attached hydrogens (primary N) is 1. The van der Waals surface area contributed by atoms with Gasteiger partial charge in [0.15, 0.2) is 0 Å². The number of anilines is 1. The van der Waals surface area contributed by atoms with E-state index >= 15 is 0 Å². The van der Waals surface area contributed by atoms with Crippen molar-refractivity contribution < 1.29 is 5.11 Å². The van der Waals surface area contributed by atoms with E-state index in [0.29, 0.717) is 19.3 Å². The van der Waals surface area contributed by atoms with Crippen LogP contribution in [0.5, 0.6) is 0 Å². The maximum Gasteiger partial charge on any atom is 0.0866 e. The Morgan fingerprint density at radius 3 is 2.43 bits per heavy atom. The van der Waals surface area contributed by atoms with Crippen molar-refractivity contribution in [2.24, 2.45) is 5.73 Å². The molecule has 3 atom stereocenters. The zero-order valence-electron chi connectivity index (χ0n) is 13.7. The van der Waals surface area contributed by atoms with Gasteiger partial charge in [0.2, 0.25) is 0 Å². The Labute approximate surface area is 139 Å². The van der Waals surface area contributed by atoms with Crippen molar-refractivity contribution in [2.75, 3.05) is 5.32 Å². The predicted molar refractivity (Wildman–Crippen MR) is 98.6 cm³/mol. The Morgan fingerprint density at radius 2 is 1.83 bits per heavy atom. The van der Waals surface area contributed by atoms with Crippen LogP contribution >= 0.6 is 0 Å². The third-order valence-corrected chi connectivity index (χ3v) is 4.80. The van der Waals surface area contributed by atoms with Crippen LogP contribution in [-0.2, 0) is 0 Å². The van der Waals surface area contributed by atoms with Crippen molar-refractivity contribution in [1.82, 2.24) is 0 Å². The summed E-state index contributed by atoms with van der Waals surface area (Å²) in [6.07, 6.45) is 7.90. The quantitative estimate of drug-likeness (QED) is 0.609. The standard InChI is InChI=1S/C20H28N2O/c1-4-9-17-16(15-10-7-8-11-18(15)22-17)14-19(21)20(23,12-5-2)13-6-3/h4-8,10-11,16-17,19,22-23H,1-3,9,12-14,21H2/t16-,17+,19+/m0/s1. The minimum absolute atomic E-state index is 0.264. The summed E-state index contributed by atoms with van der Waals surface area (Å²) in [5.41, 5.74) is 7.87. The molecule has 124 valence electrons. The van der Waals surface area contributed by atoms with Gasteiger partial charge in [0.05, 0.1) is 5.60 Å². The Balaban J connectivity index is 2.22. The van der Waals surface area contributed by atoms with E-state index < -0.39 is 5.60 Å². The number of nitrogens with one attached hydrogen (secondary N) is 1. The molecule has 1 aromatic carbocycles. The predicted octanol–water partition coefficient (Wildman–Crippen LogP) is 3.74. The maximum absolute atomic E-state index is 10.9. The normalized spacial score (nSPS) is 21.1. The van der Waals surface area contributed by atoms with E-state index in [1.54, 1.807) is 12.2 Å². The summed E-state index contributed by atoms with van der Waals surface area (Å²) in [4.78, 5) is 0. The highest BCUT2D eigenvalue weighted by molar-refractivity contribution is 5.59. The topological polar surface area (TPSA) is 58.3 Å². The molecule has 0 bridgehead atoms. The molecule has 1 aliphatic heterocycles. The lowest BCUT2D eigenvalue weighted by atomic mass is 9.79. The molecule has 0 saturated carbocycles. The first-order valence-corrected chi connectivity index (χ1v) is 8.21. The van der Waals surface area contributed by atoms with Gasteiger partial charge in [-0.15, -0.1) is 19.7 Å². The average Bonchev–Trinajstić information content (AvgIpc) is 2.86. The summed E-state index contributed by atoms with van der Waals surface area (Å²) < 4.78 is 0. The lowest BCUT2D eigenvalue weighted by Crippen LogP contribution is -2.48. The fourth-order valence-corrected chi connectivity index (χ4v) is 3.54. The molecule has 2 rings (SSSR count). The van der Waals surface area contributed by atoms with E-state index in [-0.39, 0.29) is 18.0 Å². The molecule has 0 fully saturated rings. The van der Waals surface area contributed by atoms with Gasteiger partial charge in [-0.25, -0.2) is 0 Å². The van der Waals surface area contributed by atoms with Crippen molar-refractivity contribution >= 4 is 5.69 Å². The summed E-state index contributed by atoms with van der Waals surface area (Å²) >= 11 is 0. The van der Waals surface area contributed by atoms with E-state index in [0.717, 1.165) is 12.1 Å². The summed E-state index contributed by atoms with van der Waals surface area (Å²) in [6.45, 7) is 11.4. The van der Waals surface area contributed by atoms with Crippen LogP contribution in [0.15, 0.2) is 62.2 Å². The van der Waals surface area contributed by atoms with Gasteiger partial charge in [-0.3, -0.25) is 0 Å². The van der Waals surface area contributed by atoms with Gasteiger partial charge in [-0.05, 0) is 37.3 Å². The van der Waals surface area contributed by atoms with Gasteiger partial charge in [0, 0.05) is 23.7 Å². The van der Waals surface area contributed by atoms with Crippen LogP contribution < -0.4 is 11.1 Å². The molecule has 0 radical (unpaired) electrons. The molecular formula is C20H28N2O. The first-order chi connectivity index (χ1) is 11.1. The molecule has 1 aromatic rings. The minimum Gasteiger partial charge on any atom is -0.388 e. The van der Waals surface area contributed by atoms with E-state index in [1.807, 2.05) is 12.1 Å². The van der Waals surface area contributed by atoms with Crippen molar-refractivity contribution in [1.29, 1.82) is 0 Å². The van der Waals surface area contributed by atoms with E-state index in [1.165, 1.54) is 5.56 Å². The molecule has 3 nitrogen and oxygen atoms in total. The van der Waals surface area contributed by atoms with E-state index in [2.05, 4.69) is 43.3 Å². The van der Waals surface area contributed by atoms with Gasteiger partial charge in [0.1, 0.15) is 0 Å². The van der Waals surface area contributed by atoms with Gasteiger partial charge in [-0.1, -0.05) is 36.4 Å². The van der Waals surface area contributed by atoms with Crippen LogP contribution in [0.2, 0.25) is 0 Å². The van der Waals surface area contributed by atoms with Gasteiger partial charge in [-0.2, -0.15) is 0 Å². The first kappa shape index (κ1) is 17.5. The van der Waals surface area contributed by atoms with Crippen molar-refractivity contribution in [3.05, 3.63) is 67.8 Å². The molecule has 3 heteroatoms. The molecule has 1 aliphatic rings. The summed E-state index contributed by atoms with van der Waals surface area (Å²) in [5.74, 6) is 0.264. The first-order valence-electron chi connectivity index (χ1n) is 8.21. The number of benzene rings is 1. The molecule has 0 unspecified atom stereocenters. The highest BCUT2D eigenvalue weighted by Crippen LogP contribution is 2.41.